The molecule has 23 heavy (non-hydrogen) atoms. The van der Waals surface area contributed by atoms with Crippen LogP contribution >= 0.6 is 15.9 Å². The van der Waals surface area contributed by atoms with Crippen LogP contribution in [0.5, 0.6) is 0 Å². The molecule has 3 aromatic rings. The first-order chi connectivity index (χ1) is 11.1. The third-order valence-electron chi connectivity index (χ3n) is 3.72. The largest absolute Gasteiger partial charge is 0.352 e. The summed E-state index contributed by atoms with van der Waals surface area (Å²) in [4.78, 5) is 12.0. The lowest BCUT2D eigenvalue weighted by atomic mass is 10.2. The van der Waals surface area contributed by atoms with Crippen molar-refractivity contribution in [1.29, 1.82) is 0 Å². The van der Waals surface area contributed by atoms with Crippen LogP contribution in [0.4, 0.5) is 4.39 Å². The summed E-state index contributed by atoms with van der Waals surface area (Å²) in [6.45, 7) is 1.30. The maximum absolute atomic E-state index is 13.7. The molecule has 0 unspecified atom stereocenters. The topological polar surface area (TPSA) is 34.0 Å². The molecule has 118 valence electrons. The number of aromatic nitrogens is 1. The third-order valence-corrected chi connectivity index (χ3v) is 4.21. The lowest BCUT2D eigenvalue weighted by Crippen LogP contribution is -2.26. The molecule has 0 fully saturated rings. The molecule has 1 N–H and O–H groups in total. The molecule has 0 aliphatic rings. The maximum atomic E-state index is 13.7. The van der Waals surface area contributed by atoms with E-state index in [0.29, 0.717) is 11.0 Å². The van der Waals surface area contributed by atoms with Crippen molar-refractivity contribution in [2.24, 2.45) is 0 Å². The average molecular weight is 375 g/mol. The zero-order valence-electron chi connectivity index (χ0n) is 12.4. The lowest BCUT2D eigenvalue weighted by Gasteiger charge is -2.08. The van der Waals surface area contributed by atoms with E-state index in [1.807, 2.05) is 18.3 Å². The number of benzene rings is 2. The number of nitrogens with one attached hydrogen (secondary N) is 1. The van der Waals surface area contributed by atoms with Gasteiger partial charge in [-0.05, 0) is 42.1 Å². The van der Waals surface area contributed by atoms with Crippen molar-refractivity contribution >= 4 is 32.7 Å². The van der Waals surface area contributed by atoms with Gasteiger partial charge in [0.05, 0.1) is 5.56 Å². The van der Waals surface area contributed by atoms with Crippen molar-refractivity contribution in [2.75, 3.05) is 6.54 Å². The maximum Gasteiger partial charge on any atom is 0.254 e. The summed E-state index contributed by atoms with van der Waals surface area (Å²) in [7, 11) is 0. The van der Waals surface area contributed by atoms with Crippen LogP contribution in [0.2, 0.25) is 0 Å². The van der Waals surface area contributed by atoms with E-state index in [4.69, 9.17) is 0 Å². The van der Waals surface area contributed by atoms with Gasteiger partial charge >= 0.3 is 0 Å². The van der Waals surface area contributed by atoms with Crippen LogP contribution in [-0.4, -0.2) is 17.0 Å². The van der Waals surface area contributed by atoms with Crippen molar-refractivity contribution in [3.05, 3.63) is 70.6 Å². The highest BCUT2D eigenvalue weighted by Crippen LogP contribution is 2.16. The minimum atomic E-state index is -0.520. The van der Waals surface area contributed by atoms with Gasteiger partial charge in [-0.3, -0.25) is 4.79 Å². The van der Waals surface area contributed by atoms with Gasteiger partial charge < -0.3 is 9.88 Å². The second kappa shape index (κ2) is 6.96. The summed E-state index contributed by atoms with van der Waals surface area (Å²) in [5, 5.41) is 3.96. The highest BCUT2D eigenvalue weighted by Gasteiger charge is 2.11. The molecule has 0 aliphatic carbocycles. The lowest BCUT2D eigenvalue weighted by molar-refractivity contribution is 0.0948. The van der Waals surface area contributed by atoms with E-state index in [2.05, 4.69) is 44.0 Å². The molecule has 0 saturated heterocycles. The van der Waals surface area contributed by atoms with Gasteiger partial charge in [-0.1, -0.05) is 34.1 Å². The van der Waals surface area contributed by atoms with Crippen molar-refractivity contribution < 1.29 is 9.18 Å². The normalized spacial score (nSPS) is 10.9. The van der Waals surface area contributed by atoms with Gasteiger partial charge in [-0.2, -0.15) is 0 Å². The third kappa shape index (κ3) is 3.62. The fourth-order valence-electron chi connectivity index (χ4n) is 2.56. The predicted molar refractivity (Wildman–Crippen MR) is 93.0 cm³/mol. The van der Waals surface area contributed by atoms with Gasteiger partial charge in [-0.15, -0.1) is 0 Å². The molecular formula is C18H16BrFN2O. The van der Waals surface area contributed by atoms with E-state index in [0.717, 1.165) is 13.0 Å². The summed E-state index contributed by atoms with van der Waals surface area (Å²) in [5.74, 6) is -0.902. The Kier molecular flexibility index (Phi) is 4.76. The van der Waals surface area contributed by atoms with Crippen LogP contribution in [0, 0.1) is 5.82 Å². The summed E-state index contributed by atoms with van der Waals surface area (Å²) in [6, 6.07) is 14.7. The summed E-state index contributed by atoms with van der Waals surface area (Å²) in [5.41, 5.74) is 1.25. The second-order valence-electron chi connectivity index (χ2n) is 5.30. The first kappa shape index (κ1) is 15.7. The Labute approximate surface area is 142 Å². The number of nitrogens with zero attached hydrogens (tertiary/aromatic N) is 1. The first-order valence-corrected chi connectivity index (χ1v) is 8.21. The highest BCUT2D eigenvalue weighted by molar-refractivity contribution is 9.10. The molecule has 2 aromatic carbocycles. The monoisotopic (exact) mass is 374 g/mol. The Balaban J connectivity index is 1.54. The Hall–Kier alpha value is -2.14. The Morgan fingerprint density at radius 1 is 1.17 bits per heavy atom. The molecule has 5 heteroatoms. The first-order valence-electron chi connectivity index (χ1n) is 7.42. The molecule has 3 nitrogen and oxygen atoms in total. The number of hydrogen-bond donors (Lipinski definition) is 1. The second-order valence-corrected chi connectivity index (χ2v) is 6.22. The summed E-state index contributed by atoms with van der Waals surface area (Å²) in [6.07, 6.45) is 2.82. The van der Waals surface area contributed by atoms with E-state index in [1.165, 1.54) is 23.0 Å². The Bertz CT molecular complexity index is 844. The predicted octanol–water partition coefficient (Wildman–Crippen LogP) is 4.36. The number of carbonyl (C=O) groups is 1. The molecule has 0 saturated carbocycles. The average Bonchev–Trinajstić information content (AvgIpc) is 2.94. The Morgan fingerprint density at radius 3 is 2.83 bits per heavy atom. The SMILES string of the molecule is O=C(NCCCn1ccc2ccccc21)c1ccc(Br)cc1F. The standard InChI is InChI=1S/C18H16BrFN2O/c19-14-6-7-15(16(20)12-14)18(23)21-9-3-10-22-11-8-13-4-1-2-5-17(13)22/h1-2,4-8,11-12H,3,9-10H2,(H,21,23). The van der Waals surface area contributed by atoms with Gasteiger partial charge in [0.2, 0.25) is 0 Å². The van der Waals surface area contributed by atoms with E-state index >= 15 is 0 Å². The van der Waals surface area contributed by atoms with Crippen LogP contribution < -0.4 is 5.32 Å². The van der Waals surface area contributed by atoms with Gasteiger partial charge in [0, 0.05) is 29.3 Å². The van der Waals surface area contributed by atoms with Crippen molar-refractivity contribution in [3.63, 3.8) is 0 Å². The number of carbonyl (C=O) groups excluding carboxylic acids is 1. The number of hydrogen-bond acceptors (Lipinski definition) is 1. The molecular weight excluding hydrogens is 359 g/mol. The van der Waals surface area contributed by atoms with Crippen LogP contribution in [0.1, 0.15) is 16.8 Å². The fraction of sp³-hybridized carbons (Fsp3) is 0.167. The molecule has 0 aliphatic heterocycles. The van der Waals surface area contributed by atoms with Crippen molar-refractivity contribution in [3.8, 4) is 0 Å². The molecule has 1 heterocycles. The molecule has 0 radical (unpaired) electrons. The van der Waals surface area contributed by atoms with Crippen LogP contribution in [0.25, 0.3) is 10.9 Å². The summed E-state index contributed by atoms with van der Waals surface area (Å²) < 4.78 is 16.5. The molecule has 0 atom stereocenters. The van der Waals surface area contributed by atoms with Gasteiger partial charge in [0.15, 0.2) is 0 Å². The number of rotatable bonds is 5. The van der Waals surface area contributed by atoms with E-state index in [1.54, 1.807) is 6.07 Å². The van der Waals surface area contributed by atoms with Gasteiger partial charge in [0.1, 0.15) is 5.82 Å². The number of amides is 1. The number of fused-ring (bicyclic) bond motifs is 1. The molecule has 0 bridgehead atoms. The van der Waals surface area contributed by atoms with Crippen LogP contribution in [-0.2, 0) is 6.54 Å². The fourth-order valence-corrected chi connectivity index (χ4v) is 2.89. The van der Waals surface area contributed by atoms with Crippen molar-refractivity contribution in [2.45, 2.75) is 13.0 Å². The zero-order chi connectivity index (χ0) is 16.2. The number of aryl methyl sites for hydroxylation is 1. The number of para-hydroxylation sites is 1. The van der Waals surface area contributed by atoms with Crippen LogP contribution in [0.15, 0.2) is 59.2 Å². The number of halogens is 2. The van der Waals surface area contributed by atoms with Gasteiger partial charge in [-0.25, -0.2) is 4.39 Å². The summed E-state index contributed by atoms with van der Waals surface area (Å²) >= 11 is 3.18. The minimum absolute atomic E-state index is 0.0691. The minimum Gasteiger partial charge on any atom is -0.352 e. The smallest absolute Gasteiger partial charge is 0.254 e. The molecule has 1 amide bonds. The molecule has 0 spiro atoms. The van der Waals surface area contributed by atoms with E-state index in [-0.39, 0.29) is 11.5 Å². The molecule has 1 aromatic heterocycles. The highest BCUT2D eigenvalue weighted by atomic mass is 79.9. The molecule has 3 rings (SSSR count). The Morgan fingerprint density at radius 2 is 2.00 bits per heavy atom. The zero-order valence-corrected chi connectivity index (χ0v) is 14.0. The van der Waals surface area contributed by atoms with Crippen LogP contribution in [0.3, 0.4) is 0 Å². The quantitative estimate of drug-likeness (QED) is 0.661. The van der Waals surface area contributed by atoms with E-state index in [9.17, 15) is 9.18 Å². The van der Waals surface area contributed by atoms with Gasteiger partial charge in [0.25, 0.3) is 5.91 Å². The van der Waals surface area contributed by atoms with E-state index < -0.39 is 5.82 Å². The van der Waals surface area contributed by atoms with Crippen molar-refractivity contribution in [1.82, 2.24) is 9.88 Å².